The van der Waals surface area contributed by atoms with E-state index in [1.165, 1.54) is 48.5 Å². The zero-order valence-corrected chi connectivity index (χ0v) is 28.5. The molecule has 1 aromatic heterocycles. The predicted octanol–water partition coefficient (Wildman–Crippen LogP) is 4.54. The quantitative estimate of drug-likeness (QED) is 0.368. The van der Waals surface area contributed by atoms with Crippen LogP contribution >= 0.6 is 0 Å². The lowest BCUT2D eigenvalue weighted by Crippen LogP contribution is -2.60. The van der Waals surface area contributed by atoms with Gasteiger partial charge in [-0.2, -0.15) is 0 Å². The number of anilines is 1. The maximum absolute atomic E-state index is 13.0. The van der Waals surface area contributed by atoms with Crippen LogP contribution in [-0.2, 0) is 21.8 Å². The summed E-state index contributed by atoms with van der Waals surface area (Å²) in [4.78, 5) is 24.6. The fourth-order valence-electron chi connectivity index (χ4n) is 9.33. The van der Waals surface area contributed by atoms with Crippen molar-refractivity contribution < 1.29 is 13.2 Å². The van der Waals surface area contributed by atoms with Crippen LogP contribution in [0.25, 0.3) is 0 Å². The third-order valence-electron chi connectivity index (χ3n) is 11.5. The van der Waals surface area contributed by atoms with Crippen LogP contribution in [0.5, 0.6) is 0 Å². The van der Waals surface area contributed by atoms with Gasteiger partial charge in [0.1, 0.15) is 0 Å². The number of piperidine rings is 1. The molecule has 10 heteroatoms. The monoisotopic (exact) mass is 656 g/mol. The molecule has 1 unspecified atom stereocenters. The summed E-state index contributed by atoms with van der Waals surface area (Å²) < 4.78 is 25.9. The number of sulfone groups is 1. The van der Waals surface area contributed by atoms with E-state index in [9.17, 15) is 13.2 Å². The Bertz CT molecular complexity index is 1650. The summed E-state index contributed by atoms with van der Waals surface area (Å²) in [5.74, 6) is 1.60. The van der Waals surface area contributed by atoms with Gasteiger partial charge in [0, 0.05) is 75.2 Å². The molecule has 4 aliphatic rings. The van der Waals surface area contributed by atoms with Gasteiger partial charge in [-0.15, -0.1) is 0 Å². The van der Waals surface area contributed by atoms with Crippen LogP contribution < -0.4 is 15.5 Å². The van der Waals surface area contributed by atoms with E-state index in [4.69, 9.17) is 0 Å². The van der Waals surface area contributed by atoms with Crippen LogP contribution in [0, 0.1) is 17.8 Å². The van der Waals surface area contributed by atoms with Gasteiger partial charge in [0.15, 0.2) is 0 Å². The van der Waals surface area contributed by atoms with Crippen molar-refractivity contribution in [1.29, 1.82) is 0 Å². The minimum Gasteiger partial charge on any atom is -0.371 e. The molecule has 2 N–H and O–H groups in total. The highest BCUT2D eigenvalue weighted by molar-refractivity contribution is 7.91. The zero-order chi connectivity index (χ0) is 32.6. The lowest BCUT2D eigenvalue weighted by molar-refractivity contribution is 0.0347. The summed E-state index contributed by atoms with van der Waals surface area (Å²) in [6, 6.07) is 19.6. The Hall–Kier alpha value is -3.47. The molecule has 2 aromatic carbocycles. The number of fused-ring (bicyclic) bond motifs is 1. The van der Waals surface area contributed by atoms with Gasteiger partial charge in [0.05, 0.1) is 9.79 Å². The number of nitrogens with zero attached hydrogens (tertiary/aromatic N) is 4. The Kier molecular flexibility index (Phi) is 9.02. The summed E-state index contributed by atoms with van der Waals surface area (Å²) in [6.45, 7) is 7.34. The van der Waals surface area contributed by atoms with Gasteiger partial charge in [0.2, 0.25) is 9.84 Å². The second kappa shape index (κ2) is 13.2. The van der Waals surface area contributed by atoms with Crippen LogP contribution in [-0.4, -0.2) is 88.6 Å². The zero-order valence-electron chi connectivity index (χ0n) is 27.6. The van der Waals surface area contributed by atoms with E-state index < -0.39 is 9.84 Å². The molecule has 2 amide bonds. The summed E-state index contributed by atoms with van der Waals surface area (Å²) in [5, 5.41) is 6.16. The van der Waals surface area contributed by atoms with E-state index in [2.05, 4.69) is 61.6 Å². The first-order valence-electron chi connectivity index (χ1n) is 17.3. The van der Waals surface area contributed by atoms with Gasteiger partial charge in [-0.3, -0.25) is 4.98 Å². The molecule has 2 saturated heterocycles. The van der Waals surface area contributed by atoms with E-state index in [0.29, 0.717) is 22.6 Å². The van der Waals surface area contributed by atoms with Gasteiger partial charge >= 0.3 is 6.03 Å². The number of hydrogen-bond donors (Lipinski definition) is 2. The number of benzene rings is 2. The molecule has 47 heavy (non-hydrogen) atoms. The number of aromatic nitrogens is 1. The van der Waals surface area contributed by atoms with Gasteiger partial charge in [-0.1, -0.05) is 30.7 Å². The fourth-order valence-corrected chi connectivity index (χ4v) is 10.6. The molecule has 3 aliphatic heterocycles. The number of carbonyl (C=O) groups is 1. The number of rotatable bonds is 8. The standard InChI is InChI=1S/C37H48N6O3S/c1-38-36(44)40-35-9-5-8-34(35)37(26-41(2)25-28-6-3-4-7-33(28)37)29-16-20-42(21-17-29)22-27-23-43(24-27)30-10-12-31(13-11-30)47(45,46)32-14-18-39-19-15-32/h3-4,6-7,10-15,18-19,27,29,34-35H,5,8-9,16-17,20-26H2,1-2H3,(H2,38,40,44)/t34-,35-,37?/m0/s1. The molecule has 3 atom stereocenters. The lowest BCUT2D eigenvalue weighted by Gasteiger charge is -2.55. The van der Waals surface area contributed by atoms with Crippen molar-refractivity contribution in [2.24, 2.45) is 17.8 Å². The highest BCUT2D eigenvalue weighted by Crippen LogP contribution is 2.53. The van der Waals surface area contributed by atoms with Crippen molar-refractivity contribution in [1.82, 2.24) is 25.4 Å². The van der Waals surface area contributed by atoms with E-state index in [1.54, 1.807) is 19.2 Å². The Labute approximate surface area is 279 Å². The molecule has 0 spiro atoms. The number of carbonyl (C=O) groups excluding carboxylic acids is 1. The number of urea groups is 1. The number of amides is 2. The van der Waals surface area contributed by atoms with Crippen LogP contribution in [0.1, 0.15) is 43.2 Å². The minimum atomic E-state index is -3.54. The van der Waals surface area contributed by atoms with Gasteiger partial charge in [-0.25, -0.2) is 13.2 Å². The molecule has 3 fully saturated rings. The van der Waals surface area contributed by atoms with E-state index in [1.807, 2.05) is 12.1 Å². The molecule has 9 nitrogen and oxygen atoms in total. The van der Waals surface area contributed by atoms with Crippen LogP contribution in [0.15, 0.2) is 82.8 Å². The summed E-state index contributed by atoms with van der Waals surface area (Å²) in [7, 11) is 0.440. The van der Waals surface area contributed by atoms with E-state index >= 15 is 0 Å². The first kappa shape index (κ1) is 32.1. The average molecular weight is 657 g/mol. The number of likely N-dealkylation sites (N-methyl/N-ethyl adjacent to an activating group) is 1. The highest BCUT2D eigenvalue weighted by Gasteiger charge is 2.54. The Morgan fingerprint density at radius 2 is 1.64 bits per heavy atom. The molecule has 1 saturated carbocycles. The second-order valence-electron chi connectivity index (χ2n) is 14.3. The third-order valence-corrected chi connectivity index (χ3v) is 13.3. The van der Waals surface area contributed by atoms with Crippen molar-refractivity contribution >= 4 is 21.6 Å². The van der Waals surface area contributed by atoms with Crippen molar-refractivity contribution in [2.45, 2.75) is 59.9 Å². The molecule has 250 valence electrons. The second-order valence-corrected chi connectivity index (χ2v) is 16.2. The number of hydrogen-bond acceptors (Lipinski definition) is 7. The molecule has 1 aliphatic carbocycles. The van der Waals surface area contributed by atoms with Gasteiger partial charge in [-0.05, 0) is 105 Å². The minimum absolute atomic E-state index is 0.0299. The average Bonchev–Trinajstić information content (AvgIpc) is 3.55. The van der Waals surface area contributed by atoms with Crippen LogP contribution in [0.2, 0.25) is 0 Å². The summed E-state index contributed by atoms with van der Waals surface area (Å²) >= 11 is 0. The van der Waals surface area contributed by atoms with E-state index in [-0.39, 0.29) is 22.4 Å². The normalized spacial score (nSPS) is 26.0. The largest absolute Gasteiger partial charge is 0.371 e. The van der Waals surface area contributed by atoms with Crippen molar-refractivity contribution in [3.63, 3.8) is 0 Å². The van der Waals surface area contributed by atoms with Crippen molar-refractivity contribution in [3.8, 4) is 0 Å². The number of likely N-dealkylation sites (tertiary alicyclic amines) is 1. The van der Waals surface area contributed by atoms with Gasteiger partial charge in [0.25, 0.3) is 0 Å². The topological polar surface area (TPSA) is 97.9 Å². The number of pyridine rings is 1. The summed E-state index contributed by atoms with van der Waals surface area (Å²) in [6.07, 6.45) is 8.73. The Balaban J connectivity index is 0.996. The van der Waals surface area contributed by atoms with Crippen molar-refractivity contribution in [3.05, 3.63) is 84.2 Å². The predicted molar refractivity (Wildman–Crippen MR) is 184 cm³/mol. The first-order valence-corrected chi connectivity index (χ1v) is 18.7. The van der Waals surface area contributed by atoms with Crippen LogP contribution in [0.3, 0.4) is 0 Å². The SMILES string of the molecule is CNC(=O)N[C@H]1CCC[C@@H]1C1(C2CCN(CC3CN(c4ccc(S(=O)(=O)c5ccncc5)cc4)C3)CC2)CN(C)Cc2ccccc21. The maximum atomic E-state index is 13.0. The molecule has 7 rings (SSSR count). The molecule has 4 heterocycles. The smallest absolute Gasteiger partial charge is 0.314 e. The fraction of sp³-hybridized carbons (Fsp3) is 0.514. The van der Waals surface area contributed by atoms with Crippen molar-refractivity contribution in [2.75, 3.05) is 58.3 Å². The molecule has 3 aromatic rings. The lowest BCUT2D eigenvalue weighted by atomic mass is 9.56. The molecule has 0 bridgehead atoms. The number of nitrogens with one attached hydrogen (secondary N) is 2. The summed E-state index contributed by atoms with van der Waals surface area (Å²) in [5.41, 5.74) is 4.09. The van der Waals surface area contributed by atoms with Crippen LogP contribution in [0.4, 0.5) is 10.5 Å². The molecular formula is C37H48N6O3S. The maximum Gasteiger partial charge on any atom is 0.314 e. The Morgan fingerprint density at radius 3 is 2.36 bits per heavy atom. The van der Waals surface area contributed by atoms with E-state index in [0.717, 1.165) is 70.8 Å². The first-order chi connectivity index (χ1) is 22.8. The molecule has 0 radical (unpaired) electrons. The molecular weight excluding hydrogens is 609 g/mol. The highest BCUT2D eigenvalue weighted by atomic mass is 32.2. The Morgan fingerprint density at radius 1 is 0.936 bits per heavy atom. The van der Waals surface area contributed by atoms with Gasteiger partial charge < -0.3 is 25.3 Å². The third kappa shape index (κ3) is 6.16.